The van der Waals surface area contributed by atoms with Gasteiger partial charge in [-0.15, -0.1) is 0 Å². The average Bonchev–Trinajstić information content (AvgIpc) is 3.58. The smallest absolute Gasteiger partial charge is 0.237 e. The molecule has 2 aliphatic heterocycles. The van der Waals surface area contributed by atoms with E-state index in [2.05, 4.69) is 16.0 Å². The summed E-state index contributed by atoms with van der Waals surface area (Å²) >= 11 is 6.15. The van der Waals surface area contributed by atoms with Crippen LogP contribution in [0.2, 0.25) is 5.02 Å². The number of ether oxygens (including phenoxy) is 2. The normalized spacial score (nSPS) is 16.3. The summed E-state index contributed by atoms with van der Waals surface area (Å²) in [6.07, 6.45) is 8.79. The lowest BCUT2D eigenvalue weighted by Gasteiger charge is -2.28. The SMILES string of the molecule is COc1ccc(F)c(Cl)c1CCOc1c(N)ncc2c(C3=CCN(C(=O)CN4CCCC4)CC3)coc12. The number of hydrogen-bond acceptors (Lipinski definition) is 7. The summed E-state index contributed by atoms with van der Waals surface area (Å²) in [4.78, 5) is 21.1. The standard InChI is InChI=1S/C27H30ClFN4O4/c1-35-22-5-4-21(29)24(28)18(22)8-13-36-26-25-19(14-31-27(26)30)20(16-37-25)17-6-11-33(12-7-17)23(34)15-32-9-2-3-10-32/h4-6,14,16H,2-3,7-13,15H2,1H3,(H2,30,31). The van der Waals surface area contributed by atoms with Crippen LogP contribution in [-0.4, -0.2) is 67.1 Å². The first-order chi connectivity index (χ1) is 18.0. The van der Waals surface area contributed by atoms with E-state index in [1.165, 1.54) is 32.1 Å². The third-order valence-electron chi connectivity index (χ3n) is 7.04. The molecule has 2 N–H and O–H groups in total. The first-order valence-corrected chi connectivity index (χ1v) is 12.8. The van der Waals surface area contributed by atoms with Gasteiger partial charge in [0.2, 0.25) is 11.7 Å². The number of nitrogen functional groups attached to an aromatic ring is 1. The van der Waals surface area contributed by atoms with Crippen molar-refractivity contribution in [1.82, 2.24) is 14.8 Å². The molecule has 2 aliphatic rings. The highest BCUT2D eigenvalue weighted by Gasteiger charge is 2.24. The lowest BCUT2D eigenvalue weighted by atomic mass is 9.99. The summed E-state index contributed by atoms with van der Waals surface area (Å²) < 4.78 is 31.1. The number of pyridine rings is 1. The largest absolute Gasteiger partial charge is 0.496 e. The summed E-state index contributed by atoms with van der Waals surface area (Å²) in [5, 5.41) is 0.790. The Bertz CT molecular complexity index is 1340. The Morgan fingerprint density at radius 3 is 2.81 bits per heavy atom. The van der Waals surface area contributed by atoms with Crippen molar-refractivity contribution in [2.75, 3.05) is 52.2 Å². The van der Waals surface area contributed by atoms with Crippen molar-refractivity contribution in [2.45, 2.75) is 25.7 Å². The minimum absolute atomic E-state index is 0.00438. The summed E-state index contributed by atoms with van der Waals surface area (Å²) in [5.41, 5.74) is 9.13. The molecule has 1 amide bonds. The van der Waals surface area contributed by atoms with Crippen LogP contribution in [0.15, 0.2) is 35.1 Å². The topological polar surface area (TPSA) is 94.1 Å². The van der Waals surface area contributed by atoms with Gasteiger partial charge in [0.25, 0.3) is 0 Å². The zero-order valence-electron chi connectivity index (χ0n) is 20.8. The summed E-state index contributed by atoms with van der Waals surface area (Å²) in [7, 11) is 1.50. The van der Waals surface area contributed by atoms with Gasteiger partial charge < -0.3 is 24.5 Å². The molecule has 0 spiro atoms. The Morgan fingerprint density at radius 1 is 1.27 bits per heavy atom. The van der Waals surface area contributed by atoms with Crippen LogP contribution in [0.4, 0.5) is 10.2 Å². The molecule has 0 unspecified atom stereocenters. The number of rotatable bonds is 8. The van der Waals surface area contributed by atoms with Crippen molar-refractivity contribution < 1.29 is 23.1 Å². The average molecular weight is 529 g/mol. The van der Waals surface area contributed by atoms with Gasteiger partial charge in [-0.1, -0.05) is 17.7 Å². The molecule has 1 fully saturated rings. The Labute approximate surface area is 219 Å². The molecule has 37 heavy (non-hydrogen) atoms. The van der Waals surface area contributed by atoms with E-state index in [9.17, 15) is 9.18 Å². The van der Waals surface area contributed by atoms with Crippen LogP contribution in [0.25, 0.3) is 16.5 Å². The Balaban J connectivity index is 1.29. The monoisotopic (exact) mass is 528 g/mol. The maximum atomic E-state index is 14.0. The lowest BCUT2D eigenvalue weighted by molar-refractivity contribution is -0.131. The molecule has 5 rings (SSSR count). The number of hydrogen-bond donors (Lipinski definition) is 1. The fourth-order valence-electron chi connectivity index (χ4n) is 4.99. The van der Waals surface area contributed by atoms with Gasteiger partial charge in [0, 0.05) is 36.8 Å². The number of nitrogens with two attached hydrogens (primary N) is 1. The van der Waals surface area contributed by atoms with Crippen LogP contribution in [0, 0.1) is 5.82 Å². The number of fused-ring (bicyclic) bond motifs is 1. The van der Waals surface area contributed by atoms with Crippen molar-refractivity contribution in [2.24, 2.45) is 0 Å². The van der Waals surface area contributed by atoms with Crippen molar-refractivity contribution in [3.05, 3.63) is 52.6 Å². The summed E-state index contributed by atoms with van der Waals surface area (Å²) in [6.45, 7) is 3.89. The summed E-state index contributed by atoms with van der Waals surface area (Å²) in [5.74, 6) is 0.663. The van der Waals surface area contributed by atoms with Gasteiger partial charge in [-0.25, -0.2) is 9.37 Å². The van der Waals surface area contributed by atoms with E-state index in [1.54, 1.807) is 12.5 Å². The lowest BCUT2D eigenvalue weighted by Crippen LogP contribution is -2.41. The molecule has 8 nitrogen and oxygen atoms in total. The number of likely N-dealkylation sites (tertiary alicyclic amines) is 1. The van der Waals surface area contributed by atoms with E-state index in [1.807, 2.05) is 4.90 Å². The third kappa shape index (κ3) is 5.24. The first-order valence-electron chi connectivity index (χ1n) is 12.4. The molecule has 1 saturated heterocycles. The minimum atomic E-state index is -0.520. The zero-order chi connectivity index (χ0) is 25.9. The number of carbonyl (C=O) groups excluding carboxylic acids is 1. The molecule has 0 aliphatic carbocycles. The molecule has 0 radical (unpaired) electrons. The number of halogens is 2. The number of nitrogens with zero attached hydrogens (tertiary/aromatic N) is 3. The fraction of sp³-hybridized carbons (Fsp3) is 0.407. The van der Waals surface area contributed by atoms with Crippen LogP contribution < -0.4 is 15.2 Å². The van der Waals surface area contributed by atoms with Gasteiger partial charge in [-0.2, -0.15) is 0 Å². The van der Waals surface area contributed by atoms with Crippen LogP contribution in [-0.2, 0) is 11.2 Å². The number of anilines is 1. The maximum Gasteiger partial charge on any atom is 0.237 e. The molecule has 0 bridgehead atoms. The second-order valence-corrected chi connectivity index (χ2v) is 9.69. The van der Waals surface area contributed by atoms with E-state index in [0.717, 1.165) is 36.0 Å². The van der Waals surface area contributed by atoms with Crippen LogP contribution >= 0.6 is 11.6 Å². The van der Waals surface area contributed by atoms with Crippen molar-refractivity contribution in [3.8, 4) is 11.5 Å². The van der Waals surface area contributed by atoms with Crippen molar-refractivity contribution in [3.63, 3.8) is 0 Å². The number of methoxy groups -OCH3 is 1. The van der Waals surface area contributed by atoms with Gasteiger partial charge >= 0.3 is 0 Å². The van der Waals surface area contributed by atoms with E-state index in [0.29, 0.717) is 48.7 Å². The maximum absolute atomic E-state index is 14.0. The molecule has 196 valence electrons. The van der Waals surface area contributed by atoms with Crippen molar-refractivity contribution >= 4 is 39.9 Å². The highest BCUT2D eigenvalue weighted by atomic mass is 35.5. The van der Waals surface area contributed by atoms with Gasteiger partial charge in [0.05, 0.1) is 36.9 Å². The van der Waals surface area contributed by atoms with Crippen LogP contribution in [0.3, 0.4) is 0 Å². The number of furan rings is 1. The molecule has 4 heterocycles. The summed E-state index contributed by atoms with van der Waals surface area (Å²) in [6, 6.07) is 2.80. The number of carbonyl (C=O) groups is 1. The second-order valence-electron chi connectivity index (χ2n) is 9.31. The highest BCUT2D eigenvalue weighted by Crippen LogP contribution is 2.38. The van der Waals surface area contributed by atoms with Crippen molar-refractivity contribution in [1.29, 1.82) is 0 Å². The molecule has 1 aromatic carbocycles. The highest BCUT2D eigenvalue weighted by molar-refractivity contribution is 6.31. The van der Waals surface area contributed by atoms with Gasteiger partial charge in [0.1, 0.15) is 11.6 Å². The van der Waals surface area contributed by atoms with E-state index < -0.39 is 5.82 Å². The quantitative estimate of drug-likeness (QED) is 0.458. The van der Waals surface area contributed by atoms with E-state index in [4.69, 9.17) is 31.2 Å². The Hall–Kier alpha value is -3.30. The van der Waals surface area contributed by atoms with Gasteiger partial charge in [-0.05, 0) is 50.1 Å². The molecular formula is C27H30ClFN4O4. The number of aromatic nitrogens is 1. The molecule has 3 aromatic rings. The number of benzene rings is 1. The second kappa shape index (κ2) is 11.0. The zero-order valence-corrected chi connectivity index (χ0v) is 21.5. The predicted molar refractivity (Wildman–Crippen MR) is 140 cm³/mol. The fourth-order valence-corrected chi connectivity index (χ4v) is 5.25. The minimum Gasteiger partial charge on any atom is -0.496 e. The van der Waals surface area contributed by atoms with Gasteiger partial charge in [-0.3, -0.25) is 9.69 Å². The first kappa shape index (κ1) is 25.4. The predicted octanol–water partition coefficient (Wildman–Crippen LogP) is 4.54. The Kier molecular flexibility index (Phi) is 7.53. The Morgan fingerprint density at radius 2 is 2.08 bits per heavy atom. The molecule has 0 atom stereocenters. The van der Waals surface area contributed by atoms with Crippen LogP contribution in [0.1, 0.15) is 30.4 Å². The molecule has 2 aromatic heterocycles. The molecule has 0 saturated carbocycles. The number of amides is 1. The van der Waals surface area contributed by atoms with E-state index in [-0.39, 0.29) is 23.4 Å². The van der Waals surface area contributed by atoms with Gasteiger partial charge in [0.15, 0.2) is 11.4 Å². The van der Waals surface area contributed by atoms with Crippen LogP contribution in [0.5, 0.6) is 11.5 Å². The third-order valence-corrected chi connectivity index (χ3v) is 7.45. The molecular weight excluding hydrogens is 499 g/mol. The van der Waals surface area contributed by atoms with E-state index >= 15 is 0 Å². The molecule has 10 heteroatoms.